The van der Waals surface area contributed by atoms with Gasteiger partial charge in [0.05, 0.1) is 11.3 Å². The number of aromatic hydroxyl groups is 1. The van der Waals surface area contributed by atoms with Crippen LogP contribution in [0.5, 0.6) is 5.75 Å². The summed E-state index contributed by atoms with van der Waals surface area (Å²) in [5.41, 5.74) is 0.479. The molecule has 0 aliphatic carbocycles. The maximum absolute atomic E-state index is 13.5. The van der Waals surface area contributed by atoms with Crippen molar-refractivity contribution in [3.05, 3.63) is 60.2 Å². The number of rotatable bonds is 4. The van der Waals surface area contributed by atoms with E-state index in [-0.39, 0.29) is 17.5 Å². The van der Waals surface area contributed by atoms with Gasteiger partial charge in [-0.05, 0) is 24.3 Å². The number of halogens is 1. The second-order valence-electron chi connectivity index (χ2n) is 4.25. The molecular weight excluding hydrogens is 291 g/mol. The molecule has 6 heteroatoms. The molecule has 1 N–H and O–H groups in total. The van der Waals surface area contributed by atoms with E-state index in [1.807, 2.05) is 0 Å². The molecule has 2 aromatic carbocycles. The summed E-state index contributed by atoms with van der Waals surface area (Å²) in [5.74, 6) is 0.887. The van der Waals surface area contributed by atoms with Crippen LogP contribution >= 0.6 is 11.8 Å². The minimum atomic E-state index is -0.271. The number of hydrogen-bond donors (Lipinski definition) is 1. The fourth-order valence-corrected chi connectivity index (χ4v) is 2.56. The standard InChI is InChI=1S/C15H11FN2O2S/c16-11-6-2-4-8-13(11)21-9-14-17-15(20-18-14)10-5-1-3-7-12(10)19/h1-8,19H,9H2. The van der Waals surface area contributed by atoms with Crippen molar-refractivity contribution in [1.29, 1.82) is 0 Å². The Balaban J connectivity index is 1.74. The van der Waals surface area contributed by atoms with Crippen LogP contribution in [-0.2, 0) is 5.75 Å². The first-order valence-corrected chi connectivity index (χ1v) is 7.21. The van der Waals surface area contributed by atoms with Gasteiger partial charge < -0.3 is 9.63 Å². The fraction of sp³-hybridized carbons (Fsp3) is 0.0667. The maximum Gasteiger partial charge on any atom is 0.261 e. The summed E-state index contributed by atoms with van der Waals surface area (Å²) < 4.78 is 18.6. The topological polar surface area (TPSA) is 59.2 Å². The third kappa shape index (κ3) is 3.05. The fourth-order valence-electron chi connectivity index (χ4n) is 1.78. The summed E-state index contributed by atoms with van der Waals surface area (Å²) in [6.07, 6.45) is 0. The highest BCUT2D eigenvalue weighted by atomic mass is 32.2. The number of benzene rings is 2. The monoisotopic (exact) mass is 302 g/mol. The molecule has 1 heterocycles. The molecule has 3 aromatic rings. The second-order valence-corrected chi connectivity index (χ2v) is 5.27. The molecule has 0 unspecified atom stereocenters. The van der Waals surface area contributed by atoms with E-state index in [0.717, 1.165) is 0 Å². The van der Waals surface area contributed by atoms with Gasteiger partial charge in [0.15, 0.2) is 5.82 Å². The van der Waals surface area contributed by atoms with Gasteiger partial charge in [-0.2, -0.15) is 4.98 Å². The van der Waals surface area contributed by atoms with Crippen LogP contribution in [0.3, 0.4) is 0 Å². The van der Waals surface area contributed by atoms with Crippen LogP contribution in [0.1, 0.15) is 5.82 Å². The average molecular weight is 302 g/mol. The van der Waals surface area contributed by atoms with Crippen molar-refractivity contribution < 1.29 is 14.0 Å². The number of para-hydroxylation sites is 1. The quantitative estimate of drug-likeness (QED) is 0.741. The van der Waals surface area contributed by atoms with E-state index < -0.39 is 0 Å². The molecule has 0 aliphatic rings. The number of hydrogen-bond acceptors (Lipinski definition) is 5. The first-order valence-electron chi connectivity index (χ1n) is 6.22. The normalized spacial score (nSPS) is 10.7. The van der Waals surface area contributed by atoms with Crippen molar-refractivity contribution in [2.24, 2.45) is 0 Å². The zero-order chi connectivity index (χ0) is 14.7. The molecule has 0 saturated heterocycles. The molecule has 0 saturated carbocycles. The Bertz CT molecular complexity index is 761. The zero-order valence-electron chi connectivity index (χ0n) is 10.9. The van der Waals surface area contributed by atoms with Gasteiger partial charge in [0.1, 0.15) is 11.6 Å². The van der Waals surface area contributed by atoms with E-state index in [1.165, 1.54) is 17.8 Å². The lowest BCUT2D eigenvalue weighted by Gasteiger charge is -1.99. The highest BCUT2D eigenvalue weighted by Gasteiger charge is 2.13. The highest BCUT2D eigenvalue weighted by Crippen LogP contribution is 2.29. The predicted molar refractivity (Wildman–Crippen MR) is 77.4 cm³/mol. The third-order valence-electron chi connectivity index (χ3n) is 2.80. The minimum absolute atomic E-state index is 0.0782. The number of nitrogens with zero attached hydrogens (tertiary/aromatic N) is 2. The Morgan fingerprint density at radius 3 is 2.67 bits per heavy atom. The lowest BCUT2D eigenvalue weighted by atomic mass is 10.2. The Labute approximate surface area is 124 Å². The molecule has 0 bridgehead atoms. The van der Waals surface area contributed by atoms with E-state index in [4.69, 9.17) is 4.52 Å². The molecule has 0 amide bonds. The summed E-state index contributed by atoms with van der Waals surface area (Å²) in [5, 5.41) is 13.6. The Morgan fingerprint density at radius 1 is 1.10 bits per heavy atom. The van der Waals surface area contributed by atoms with Gasteiger partial charge in [0, 0.05) is 4.90 Å². The van der Waals surface area contributed by atoms with E-state index in [2.05, 4.69) is 10.1 Å². The summed E-state index contributed by atoms with van der Waals surface area (Å²) in [7, 11) is 0. The van der Waals surface area contributed by atoms with Crippen molar-refractivity contribution >= 4 is 11.8 Å². The zero-order valence-corrected chi connectivity index (χ0v) is 11.7. The van der Waals surface area contributed by atoms with Crippen LogP contribution in [0.4, 0.5) is 4.39 Å². The molecule has 0 spiro atoms. The van der Waals surface area contributed by atoms with Crippen molar-refractivity contribution in [2.75, 3.05) is 0 Å². The summed E-state index contributed by atoms with van der Waals surface area (Å²) in [4.78, 5) is 4.74. The van der Waals surface area contributed by atoms with Crippen LogP contribution in [0.25, 0.3) is 11.5 Å². The molecule has 4 nitrogen and oxygen atoms in total. The maximum atomic E-state index is 13.5. The predicted octanol–water partition coefficient (Wildman–Crippen LogP) is 3.87. The lowest BCUT2D eigenvalue weighted by molar-refractivity contribution is 0.419. The van der Waals surface area contributed by atoms with Crippen molar-refractivity contribution in [1.82, 2.24) is 10.1 Å². The van der Waals surface area contributed by atoms with Gasteiger partial charge in [-0.1, -0.05) is 29.4 Å². The SMILES string of the molecule is Oc1ccccc1-c1nc(CSc2ccccc2F)no1. The van der Waals surface area contributed by atoms with Crippen LogP contribution in [-0.4, -0.2) is 15.2 Å². The van der Waals surface area contributed by atoms with E-state index in [9.17, 15) is 9.50 Å². The van der Waals surface area contributed by atoms with Gasteiger partial charge >= 0.3 is 0 Å². The van der Waals surface area contributed by atoms with Gasteiger partial charge in [-0.15, -0.1) is 11.8 Å². The number of phenolic OH excluding ortho intramolecular Hbond substituents is 1. The summed E-state index contributed by atoms with van der Waals surface area (Å²) in [6, 6.07) is 13.2. The van der Waals surface area contributed by atoms with Crippen LogP contribution < -0.4 is 0 Å². The van der Waals surface area contributed by atoms with Crippen molar-refractivity contribution in [3.63, 3.8) is 0 Å². The third-order valence-corrected chi connectivity index (χ3v) is 3.84. The molecule has 1 aromatic heterocycles. The Hall–Kier alpha value is -2.34. The number of thioether (sulfide) groups is 1. The molecule has 0 fully saturated rings. The molecule has 0 atom stereocenters. The first-order chi connectivity index (χ1) is 10.2. The van der Waals surface area contributed by atoms with Gasteiger partial charge in [0.2, 0.25) is 0 Å². The Morgan fingerprint density at radius 2 is 1.86 bits per heavy atom. The molecule has 3 rings (SSSR count). The highest BCUT2D eigenvalue weighted by molar-refractivity contribution is 7.98. The van der Waals surface area contributed by atoms with Crippen LogP contribution in [0.2, 0.25) is 0 Å². The average Bonchev–Trinajstić information content (AvgIpc) is 2.96. The smallest absolute Gasteiger partial charge is 0.261 e. The van der Waals surface area contributed by atoms with Gasteiger partial charge in [0.25, 0.3) is 5.89 Å². The minimum Gasteiger partial charge on any atom is -0.507 e. The molecule has 106 valence electrons. The van der Waals surface area contributed by atoms with E-state index in [1.54, 1.807) is 42.5 Å². The van der Waals surface area contributed by atoms with Gasteiger partial charge in [-0.25, -0.2) is 4.39 Å². The van der Waals surface area contributed by atoms with Crippen molar-refractivity contribution in [3.8, 4) is 17.2 Å². The summed E-state index contributed by atoms with van der Waals surface area (Å²) in [6.45, 7) is 0. The number of aromatic nitrogens is 2. The number of phenols is 1. The van der Waals surface area contributed by atoms with E-state index in [0.29, 0.717) is 22.0 Å². The molecule has 21 heavy (non-hydrogen) atoms. The summed E-state index contributed by atoms with van der Waals surface area (Å²) >= 11 is 1.29. The van der Waals surface area contributed by atoms with E-state index >= 15 is 0 Å². The van der Waals surface area contributed by atoms with Gasteiger partial charge in [-0.3, -0.25) is 0 Å². The Kier molecular flexibility index (Phi) is 3.87. The second kappa shape index (κ2) is 5.97. The molecular formula is C15H11FN2O2S. The largest absolute Gasteiger partial charge is 0.507 e. The lowest BCUT2D eigenvalue weighted by Crippen LogP contribution is -1.86. The first kappa shape index (κ1) is 13.6. The molecule has 0 aliphatic heterocycles. The van der Waals surface area contributed by atoms with Crippen LogP contribution in [0, 0.1) is 5.82 Å². The molecule has 0 radical (unpaired) electrons. The van der Waals surface area contributed by atoms with Crippen LogP contribution in [0.15, 0.2) is 57.9 Å². The van der Waals surface area contributed by atoms with Crippen molar-refractivity contribution in [2.45, 2.75) is 10.6 Å².